The van der Waals surface area contributed by atoms with Crippen LogP contribution in [-0.2, 0) is 17.9 Å². The molecule has 0 saturated carbocycles. The lowest BCUT2D eigenvalue weighted by Crippen LogP contribution is -2.30. The first-order valence-electron chi connectivity index (χ1n) is 11.1. The molecule has 3 N–H and O–H groups in total. The molecule has 2 aromatic carbocycles. The van der Waals surface area contributed by atoms with Gasteiger partial charge in [0.2, 0.25) is 0 Å². The minimum absolute atomic E-state index is 0.0358. The monoisotopic (exact) mass is 441 g/mol. The fourth-order valence-electron chi connectivity index (χ4n) is 4.15. The van der Waals surface area contributed by atoms with E-state index in [0.29, 0.717) is 29.7 Å². The molecule has 0 bridgehead atoms. The zero-order chi connectivity index (χ0) is 22.9. The van der Waals surface area contributed by atoms with E-state index in [1.54, 1.807) is 0 Å². The van der Waals surface area contributed by atoms with E-state index in [1.807, 2.05) is 42.6 Å². The number of carbonyl (C=O) groups is 1. The second-order valence-corrected chi connectivity index (χ2v) is 8.63. The number of nitrogens with zero attached hydrogens (tertiary/aromatic N) is 3. The van der Waals surface area contributed by atoms with Gasteiger partial charge in [0, 0.05) is 36.6 Å². The average molecular weight is 442 g/mol. The highest BCUT2D eigenvalue weighted by atomic mass is 16.5. The highest BCUT2D eigenvalue weighted by Gasteiger charge is 2.22. The molecule has 168 valence electrons. The van der Waals surface area contributed by atoms with Crippen molar-refractivity contribution in [2.75, 3.05) is 17.7 Å². The molecule has 0 aliphatic carbocycles. The van der Waals surface area contributed by atoms with E-state index < -0.39 is 0 Å². The molecule has 33 heavy (non-hydrogen) atoms. The van der Waals surface area contributed by atoms with Crippen molar-refractivity contribution in [3.63, 3.8) is 0 Å². The fraction of sp³-hybridized carbons (Fsp3) is 0.231. The second kappa shape index (κ2) is 8.60. The van der Waals surface area contributed by atoms with Crippen LogP contribution in [0.2, 0.25) is 0 Å². The van der Waals surface area contributed by atoms with Crippen molar-refractivity contribution in [1.29, 1.82) is 0 Å². The van der Waals surface area contributed by atoms with Gasteiger partial charge in [-0.1, -0.05) is 30.3 Å². The van der Waals surface area contributed by atoms with Crippen molar-refractivity contribution in [1.82, 2.24) is 14.3 Å². The van der Waals surface area contributed by atoms with E-state index in [4.69, 9.17) is 15.5 Å². The number of nitrogens with one attached hydrogen (secondary N) is 1. The van der Waals surface area contributed by atoms with Crippen LogP contribution in [0.5, 0.6) is 5.75 Å². The zero-order valence-electron chi connectivity index (χ0n) is 18.8. The molecule has 2 aromatic heterocycles. The maximum atomic E-state index is 11.8. The number of hydrogen-bond donors (Lipinski definition) is 2. The van der Waals surface area contributed by atoms with Crippen molar-refractivity contribution in [3.05, 3.63) is 78.1 Å². The van der Waals surface area contributed by atoms with E-state index in [-0.39, 0.29) is 12.5 Å². The van der Waals surface area contributed by atoms with Gasteiger partial charge < -0.3 is 20.2 Å². The number of ether oxygens (including phenoxy) is 1. The quantitative estimate of drug-likeness (QED) is 0.465. The standard InChI is InChI=1S/C26H27N5O2/c1-17(2)30(13-18-6-4-3-5-7-18)15-22-26(29-24-11-9-20(27)14-31(22)24)19-8-10-23-21(12-19)28-25(32)16-33-23/h3-12,14,17H,13,15-16,27H2,1-2H3,(H,28,32). The summed E-state index contributed by atoms with van der Waals surface area (Å²) in [7, 11) is 0. The lowest BCUT2D eigenvalue weighted by Gasteiger charge is -2.27. The molecule has 0 saturated heterocycles. The number of hydrogen-bond acceptors (Lipinski definition) is 5. The largest absolute Gasteiger partial charge is 0.482 e. The van der Waals surface area contributed by atoms with Crippen LogP contribution < -0.4 is 15.8 Å². The Labute approximate surface area is 192 Å². The van der Waals surface area contributed by atoms with E-state index >= 15 is 0 Å². The van der Waals surface area contributed by atoms with E-state index in [1.165, 1.54) is 5.56 Å². The van der Waals surface area contributed by atoms with Crippen molar-refractivity contribution >= 4 is 22.9 Å². The van der Waals surface area contributed by atoms with Crippen molar-refractivity contribution in [2.24, 2.45) is 0 Å². The number of imidazole rings is 1. The number of pyridine rings is 1. The minimum atomic E-state index is -0.156. The third-order valence-electron chi connectivity index (χ3n) is 5.94. The van der Waals surface area contributed by atoms with Gasteiger partial charge in [-0.05, 0) is 49.7 Å². The van der Waals surface area contributed by atoms with Gasteiger partial charge in [-0.15, -0.1) is 0 Å². The number of benzene rings is 2. The Balaban J connectivity index is 1.59. The summed E-state index contributed by atoms with van der Waals surface area (Å²) in [6.45, 7) is 5.94. The number of fused-ring (bicyclic) bond motifs is 2. The molecule has 4 aromatic rings. The number of amides is 1. The van der Waals surface area contributed by atoms with Gasteiger partial charge in [0.1, 0.15) is 11.4 Å². The Bertz CT molecular complexity index is 1310. The van der Waals surface area contributed by atoms with Crippen LogP contribution in [-0.4, -0.2) is 32.8 Å². The Kier molecular flexibility index (Phi) is 5.48. The fourth-order valence-corrected chi connectivity index (χ4v) is 4.15. The van der Waals surface area contributed by atoms with Crippen LogP contribution in [0.15, 0.2) is 66.9 Å². The molecule has 0 radical (unpaired) electrons. The summed E-state index contributed by atoms with van der Waals surface area (Å²) in [6, 6.07) is 20.4. The van der Waals surface area contributed by atoms with Gasteiger partial charge in [-0.25, -0.2) is 4.98 Å². The highest BCUT2D eigenvalue weighted by molar-refractivity contribution is 5.96. The maximum absolute atomic E-state index is 11.8. The molecule has 0 fully saturated rings. The van der Waals surface area contributed by atoms with Gasteiger partial charge in [0.05, 0.1) is 17.1 Å². The van der Waals surface area contributed by atoms with E-state index in [9.17, 15) is 4.79 Å². The first-order valence-corrected chi connectivity index (χ1v) is 11.1. The Hall–Kier alpha value is -3.84. The van der Waals surface area contributed by atoms with Crippen molar-refractivity contribution < 1.29 is 9.53 Å². The highest BCUT2D eigenvalue weighted by Crippen LogP contribution is 2.35. The van der Waals surface area contributed by atoms with Crippen molar-refractivity contribution in [3.8, 4) is 17.0 Å². The summed E-state index contributed by atoms with van der Waals surface area (Å²) in [5.41, 5.74) is 12.4. The number of carbonyl (C=O) groups excluding carboxylic acids is 1. The Morgan fingerprint density at radius 2 is 1.94 bits per heavy atom. The normalized spacial score (nSPS) is 13.3. The molecule has 1 aliphatic rings. The molecular formula is C26H27N5O2. The lowest BCUT2D eigenvalue weighted by atomic mass is 10.1. The van der Waals surface area contributed by atoms with Gasteiger partial charge in [-0.3, -0.25) is 9.69 Å². The number of anilines is 2. The molecule has 7 heteroatoms. The number of nitrogens with two attached hydrogens (primary N) is 1. The van der Waals surface area contributed by atoms with Crippen LogP contribution >= 0.6 is 0 Å². The van der Waals surface area contributed by atoms with Gasteiger partial charge in [0.15, 0.2) is 6.61 Å². The summed E-state index contributed by atoms with van der Waals surface area (Å²) < 4.78 is 7.60. The molecule has 7 nitrogen and oxygen atoms in total. The second-order valence-electron chi connectivity index (χ2n) is 8.63. The van der Waals surface area contributed by atoms with Crippen LogP contribution in [0.3, 0.4) is 0 Å². The van der Waals surface area contributed by atoms with E-state index in [2.05, 4.69) is 52.7 Å². The maximum Gasteiger partial charge on any atom is 0.262 e. The van der Waals surface area contributed by atoms with Crippen LogP contribution in [0, 0.1) is 0 Å². The number of aromatic nitrogens is 2. The topological polar surface area (TPSA) is 84.9 Å². The Morgan fingerprint density at radius 3 is 2.73 bits per heavy atom. The summed E-state index contributed by atoms with van der Waals surface area (Å²) >= 11 is 0. The molecule has 3 heterocycles. The number of rotatable bonds is 6. The predicted octanol–water partition coefficient (Wildman–Crippen LogP) is 4.33. The molecule has 0 atom stereocenters. The smallest absolute Gasteiger partial charge is 0.262 e. The predicted molar refractivity (Wildman–Crippen MR) is 130 cm³/mol. The zero-order valence-corrected chi connectivity index (χ0v) is 18.8. The average Bonchev–Trinajstić information content (AvgIpc) is 3.16. The number of nitrogen functional groups attached to an aromatic ring is 1. The van der Waals surface area contributed by atoms with Gasteiger partial charge in [-0.2, -0.15) is 0 Å². The van der Waals surface area contributed by atoms with Crippen LogP contribution in [0.25, 0.3) is 16.9 Å². The molecule has 5 rings (SSSR count). The van der Waals surface area contributed by atoms with Gasteiger partial charge >= 0.3 is 0 Å². The summed E-state index contributed by atoms with van der Waals surface area (Å²) in [6.07, 6.45) is 1.92. The van der Waals surface area contributed by atoms with Crippen LogP contribution in [0.4, 0.5) is 11.4 Å². The minimum Gasteiger partial charge on any atom is -0.482 e. The first kappa shape index (κ1) is 21.0. The molecule has 0 spiro atoms. The summed E-state index contributed by atoms with van der Waals surface area (Å²) in [5.74, 6) is 0.511. The summed E-state index contributed by atoms with van der Waals surface area (Å²) in [4.78, 5) is 19.2. The SMILES string of the molecule is CC(C)N(Cc1ccccc1)Cc1c(-c2ccc3c(c2)NC(=O)CO3)nc2ccc(N)cn12. The third kappa shape index (κ3) is 4.27. The van der Waals surface area contributed by atoms with E-state index in [0.717, 1.165) is 29.1 Å². The van der Waals surface area contributed by atoms with Crippen molar-refractivity contribution in [2.45, 2.75) is 33.0 Å². The first-order chi connectivity index (χ1) is 16.0. The molecule has 1 aliphatic heterocycles. The Morgan fingerprint density at radius 1 is 1.12 bits per heavy atom. The van der Waals surface area contributed by atoms with Gasteiger partial charge in [0.25, 0.3) is 5.91 Å². The van der Waals surface area contributed by atoms with Crippen LogP contribution in [0.1, 0.15) is 25.1 Å². The molecule has 0 unspecified atom stereocenters. The molecule has 1 amide bonds. The lowest BCUT2D eigenvalue weighted by molar-refractivity contribution is -0.118. The third-order valence-corrected chi connectivity index (χ3v) is 5.94. The molecular weight excluding hydrogens is 414 g/mol. The summed E-state index contributed by atoms with van der Waals surface area (Å²) in [5, 5.41) is 2.90.